The number of likely N-dealkylation sites (N-methyl/N-ethyl adjacent to an activating group) is 1. The second-order valence-corrected chi connectivity index (χ2v) is 8.30. The van der Waals surface area contributed by atoms with E-state index in [0.717, 1.165) is 16.7 Å². The first-order valence-corrected chi connectivity index (χ1v) is 11.2. The van der Waals surface area contributed by atoms with Gasteiger partial charge < -0.3 is 14.4 Å². The minimum absolute atomic E-state index is 0.154. The van der Waals surface area contributed by atoms with E-state index in [2.05, 4.69) is 23.1 Å². The van der Waals surface area contributed by atoms with E-state index in [-0.39, 0.29) is 24.8 Å². The van der Waals surface area contributed by atoms with E-state index in [0.29, 0.717) is 29.0 Å². The Balaban J connectivity index is 1.64. The molecule has 0 unspecified atom stereocenters. The number of ether oxygens (including phenoxy) is 1. The van der Waals surface area contributed by atoms with E-state index in [9.17, 15) is 9.18 Å². The van der Waals surface area contributed by atoms with E-state index in [1.165, 1.54) is 12.1 Å². The quantitative estimate of drug-likeness (QED) is 0.345. The maximum absolute atomic E-state index is 14.3. The molecule has 0 aliphatic heterocycles. The van der Waals surface area contributed by atoms with E-state index < -0.39 is 11.8 Å². The molecule has 0 bridgehead atoms. The molecule has 0 aliphatic carbocycles. The van der Waals surface area contributed by atoms with Crippen LogP contribution in [0.5, 0.6) is 5.75 Å². The van der Waals surface area contributed by atoms with Crippen LogP contribution in [0.3, 0.4) is 0 Å². The van der Waals surface area contributed by atoms with Crippen LogP contribution in [0.25, 0.3) is 34.0 Å². The van der Waals surface area contributed by atoms with E-state index in [4.69, 9.17) is 14.4 Å². The molecule has 0 saturated carbocycles. The Morgan fingerprint density at radius 1 is 1.09 bits per heavy atom. The highest BCUT2D eigenvalue weighted by Crippen LogP contribution is 2.36. The van der Waals surface area contributed by atoms with Gasteiger partial charge in [0.05, 0.1) is 13.2 Å². The smallest absolute Gasteiger partial charge is 0.317 e. The highest BCUT2D eigenvalue weighted by molar-refractivity contribution is 5.76. The third-order valence-corrected chi connectivity index (χ3v) is 5.46. The molecule has 1 aromatic heterocycles. The SMILES string of the molecule is CCOc1cc(-c2nc(-c3cc(F)cc(CN(C)CC(=O)O)c3)no2)ccc1-c1ccccc1C. The third-order valence-electron chi connectivity index (χ3n) is 5.46. The van der Waals surface area contributed by atoms with Gasteiger partial charge in [-0.1, -0.05) is 29.4 Å². The van der Waals surface area contributed by atoms with Gasteiger partial charge in [0, 0.05) is 23.2 Å². The summed E-state index contributed by atoms with van der Waals surface area (Å²) in [7, 11) is 1.65. The predicted octanol–water partition coefficient (Wildman–Crippen LogP) is 5.43. The second kappa shape index (κ2) is 10.5. The van der Waals surface area contributed by atoms with Crippen LogP contribution in [0.2, 0.25) is 0 Å². The average Bonchev–Trinajstić information content (AvgIpc) is 3.29. The molecule has 0 radical (unpaired) electrons. The lowest BCUT2D eigenvalue weighted by atomic mass is 9.98. The van der Waals surface area contributed by atoms with E-state index in [1.807, 2.05) is 43.3 Å². The summed E-state index contributed by atoms with van der Waals surface area (Å²) < 4.78 is 25.7. The van der Waals surface area contributed by atoms with Crippen molar-refractivity contribution in [3.63, 3.8) is 0 Å². The van der Waals surface area contributed by atoms with E-state index >= 15 is 0 Å². The van der Waals surface area contributed by atoms with Gasteiger partial charge >= 0.3 is 5.97 Å². The summed E-state index contributed by atoms with van der Waals surface area (Å²) >= 11 is 0. The molecule has 0 atom stereocenters. The zero-order valence-electron chi connectivity index (χ0n) is 19.8. The first-order chi connectivity index (χ1) is 16.8. The average molecular weight is 476 g/mol. The Labute approximate surface area is 202 Å². The number of aliphatic carboxylic acids is 1. The summed E-state index contributed by atoms with van der Waals surface area (Å²) in [5, 5.41) is 13.0. The summed E-state index contributed by atoms with van der Waals surface area (Å²) in [4.78, 5) is 17.0. The zero-order valence-corrected chi connectivity index (χ0v) is 19.8. The lowest BCUT2D eigenvalue weighted by molar-refractivity contribution is -0.138. The molecule has 0 amide bonds. The Hall–Kier alpha value is -4.04. The Kier molecular flexibility index (Phi) is 7.22. The molecular formula is C27H26FN3O4. The molecule has 4 aromatic rings. The van der Waals surface area contributed by atoms with Crippen molar-refractivity contribution in [1.82, 2.24) is 15.0 Å². The number of halogens is 1. The molecule has 0 spiro atoms. The Bertz CT molecular complexity index is 1350. The molecule has 0 fully saturated rings. The van der Waals surface area contributed by atoms with Gasteiger partial charge in [-0.3, -0.25) is 9.69 Å². The number of aryl methyl sites for hydroxylation is 1. The number of aromatic nitrogens is 2. The van der Waals surface area contributed by atoms with Crippen molar-refractivity contribution in [3.05, 3.63) is 77.6 Å². The minimum Gasteiger partial charge on any atom is -0.493 e. The summed E-state index contributed by atoms with van der Waals surface area (Å²) in [6.07, 6.45) is 0. The first-order valence-electron chi connectivity index (χ1n) is 11.2. The van der Waals surface area contributed by atoms with Gasteiger partial charge in [0.15, 0.2) is 0 Å². The van der Waals surface area contributed by atoms with Gasteiger partial charge in [0.2, 0.25) is 5.82 Å². The van der Waals surface area contributed by atoms with Gasteiger partial charge in [-0.15, -0.1) is 0 Å². The molecule has 1 N–H and O–H groups in total. The van der Waals surface area contributed by atoms with Crippen LogP contribution in [0.4, 0.5) is 4.39 Å². The summed E-state index contributed by atoms with van der Waals surface area (Å²) in [5.41, 5.74) is 4.92. The lowest BCUT2D eigenvalue weighted by Gasteiger charge is -2.14. The van der Waals surface area contributed by atoms with Gasteiger partial charge in [0.1, 0.15) is 11.6 Å². The van der Waals surface area contributed by atoms with Gasteiger partial charge in [-0.25, -0.2) is 4.39 Å². The summed E-state index contributed by atoms with van der Waals surface area (Å²) in [6.45, 7) is 4.59. The highest BCUT2D eigenvalue weighted by Gasteiger charge is 2.16. The van der Waals surface area contributed by atoms with Crippen molar-refractivity contribution in [1.29, 1.82) is 0 Å². The number of carbonyl (C=O) groups is 1. The van der Waals surface area contributed by atoms with Crippen molar-refractivity contribution in [2.24, 2.45) is 0 Å². The molecule has 1 heterocycles. The molecule has 35 heavy (non-hydrogen) atoms. The molecule has 4 rings (SSSR count). The fourth-order valence-electron chi connectivity index (χ4n) is 3.96. The fraction of sp³-hybridized carbons (Fsp3) is 0.222. The van der Waals surface area contributed by atoms with Crippen LogP contribution in [0, 0.1) is 12.7 Å². The topological polar surface area (TPSA) is 88.7 Å². The number of hydrogen-bond donors (Lipinski definition) is 1. The summed E-state index contributed by atoms with van der Waals surface area (Å²) in [6, 6.07) is 18.2. The fourth-order valence-corrected chi connectivity index (χ4v) is 3.96. The van der Waals surface area contributed by atoms with Gasteiger partial charge in [-0.05, 0) is 74.0 Å². The van der Waals surface area contributed by atoms with Crippen LogP contribution in [0.1, 0.15) is 18.1 Å². The van der Waals surface area contributed by atoms with E-state index in [1.54, 1.807) is 18.0 Å². The predicted molar refractivity (Wildman–Crippen MR) is 130 cm³/mol. The normalized spacial score (nSPS) is 11.1. The number of hydrogen-bond acceptors (Lipinski definition) is 6. The van der Waals surface area contributed by atoms with Gasteiger partial charge in [0.25, 0.3) is 5.89 Å². The van der Waals surface area contributed by atoms with Crippen LogP contribution in [0.15, 0.2) is 65.2 Å². The number of nitrogens with zero attached hydrogens (tertiary/aromatic N) is 3. The van der Waals surface area contributed by atoms with Crippen LogP contribution in [-0.4, -0.2) is 46.3 Å². The molecule has 8 heteroatoms. The maximum atomic E-state index is 14.3. The van der Waals surface area contributed by atoms with Crippen LogP contribution >= 0.6 is 0 Å². The zero-order chi connectivity index (χ0) is 24.9. The Morgan fingerprint density at radius 3 is 2.63 bits per heavy atom. The number of benzene rings is 3. The van der Waals surface area contributed by atoms with Crippen molar-refractivity contribution >= 4 is 5.97 Å². The first kappa shape index (κ1) is 24.1. The number of carboxylic acid groups (broad SMARTS) is 1. The molecule has 180 valence electrons. The number of rotatable bonds is 9. The monoisotopic (exact) mass is 475 g/mol. The maximum Gasteiger partial charge on any atom is 0.317 e. The number of carboxylic acids is 1. The minimum atomic E-state index is -0.952. The highest BCUT2D eigenvalue weighted by atomic mass is 19.1. The molecule has 0 aliphatic rings. The Morgan fingerprint density at radius 2 is 1.89 bits per heavy atom. The molecule has 7 nitrogen and oxygen atoms in total. The lowest BCUT2D eigenvalue weighted by Crippen LogP contribution is -2.25. The standard InChI is InChI=1S/C27H26FN3O4/c1-4-34-24-14-19(9-10-23(24)22-8-6-5-7-17(22)2)27-29-26(30-35-27)20-11-18(12-21(28)13-20)15-31(3)16-25(32)33/h5-14H,4,15-16H2,1-3H3,(H,32,33). The van der Waals surface area contributed by atoms with Crippen molar-refractivity contribution in [3.8, 4) is 39.7 Å². The largest absolute Gasteiger partial charge is 0.493 e. The molecule has 3 aromatic carbocycles. The third kappa shape index (κ3) is 5.73. The molecular weight excluding hydrogens is 449 g/mol. The second-order valence-electron chi connectivity index (χ2n) is 8.30. The van der Waals surface area contributed by atoms with Crippen molar-refractivity contribution < 1.29 is 23.6 Å². The summed E-state index contributed by atoms with van der Waals surface area (Å²) in [5.74, 6) is -0.192. The van der Waals surface area contributed by atoms with Crippen molar-refractivity contribution in [2.45, 2.75) is 20.4 Å². The van der Waals surface area contributed by atoms with Gasteiger partial charge in [-0.2, -0.15) is 4.98 Å². The van der Waals surface area contributed by atoms with Crippen molar-refractivity contribution in [2.75, 3.05) is 20.2 Å². The van der Waals surface area contributed by atoms with Crippen LogP contribution < -0.4 is 4.74 Å². The van der Waals surface area contributed by atoms with Crippen LogP contribution in [-0.2, 0) is 11.3 Å². The molecule has 0 saturated heterocycles.